The van der Waals surface area contributed by atoms with Crippen molar-refractivity contribution in [2.24, 2.45) is 0 Å². The van der Waals surface area contributed by atoms with Crippen molar-refractivity contribution >= 4 is 5.97 Å². The lowest BCUT2D eigenvalue weighted by Gasteiger charge is -2.32. The molecule has 0 bridgehead atoms. The molecule has 2 aromatic rings. The molecule has 0 aromatic heterocycles. The maximum Gasteiger partial charge on any atom is 0.306 e. The summed E-state index contributed by atoms with van der Waals surface area (Å²) in [7, 11) is 2.14. The first-order chi connectivity index (χ1) is 12.7. The number of carbonyl (C=O) groups is 1. The molecule has 0 N–H and O–H groups in total. The van der Waals surface area contributed by atoms with Crippen LogP contribution in [0.2, 0.25) is 0 Å². The van der Waals surface area contributed by atoms with Gasteiger partial charge in [0.15, 0.2) is 0 Å². The molecule has 1 saturated heterocycles. The van der Waals surface area contributed by atoms with E-state index in [0.717, 1.165) is 43.9 Å². The van der Waals surface area contributed by atoms with Crippen LogP contribution in [0, 0.1) is 0 Å². The highest BCUT2D eigenvalue weighted by atomic mass is 16.5. The monoisotopic (exact) mass is 352 g/mol. The van der Waals surface area contributed by atoms with Crippen LogP contribution in [0.25, 0.3) is 0 Å². The van der Waals surface area contributed by atoms with Gasteiger partial charge in [-0.15, -0.1) is 0 Å². The topological polar surface area (TPSA) is 32.8 Å². The van der Waals surface area contributed by atoms with E-state index < -0.39 is 0 Å². The molecule has 0 radical (unpaired) electrons. The van der Waals surface area contributed by atoms with Crippen molar-refractivity contribution in [3.8, 4) is 0 Å². The third-order valence-corrected chi connectivity index (χ3v) is 5.04. The minimum Gasteiger partial charge on any atom is -0.464 e. The first-order valence-corrected chi connectivity index (χ1v) is 9.39. The van der Waals surface area contributed by atoms with Gasteiger partial charge in [0, 0.05) is 38.6 Å². The Labute approximate surface area is 156 Å². The van der Waals surface area contributed by atoms with E-state index in [9.17, 15) is 4.79 Å². The van der Waals surface area contributed by atoms with Crippen LogP contribution in [0.15, 0.2) is 60.7 Å². The van der Waals surface area contributed by atoms with E-state index in [1.54, 1.807) is 0 Å². The number of piperazine rings is 1. The second-order valence-corrected chi connectivity index (χ2v) is 6.94. The van der Waals surface area contributed by atoms with Gasteiger partial charge in [-0.25, -0.2) is 0 Å². The maximum atomic E-state index is 12.4. The molecule has 0 aliphatic carbocycles. The fraction of sp³-hybridized carbons (Fsp3) is 0.409. The van der Waals surface area contributed by atoms with Crippen molar-refractivity contribution in [3.63, 3.8) is 0 Å². The van der Waals surface area contributed by atoms with Crippen molar-refractivity contribution < 1.29 is 9.53 Å². The molecule has 3 rings (SSSR count). The Morgan fingerprint density at radius 2 is 1.46 bits per heavy atom. The summed E-state index contributed by atoms with van der Waals surface area (Å²) in [5, 5.41) is 0. The second kappa shape index (κ2) is 9.51. The van der Waals surface area contributed by atoms with Gasteiger partial charge in [0.25, 0.3) is 0 Å². The first-order valence-electron chi connectivity index (χ1n) is 9.39. The lowest BCUT2D eigenvalue weighted by molar-refractivity contribution is -0.144. The smallest absolute Gasteiger partial charge is 0.306 e. The highest BCUT2D eigenvalue weighted by molar-refractivity contribution is 5.71. The quantitative estimate of drug-likeness (QED) is 0.717. The van der Waals surface area contributed by atoms with E-state index in [-0.39, 0.29) is 11.9 Å². The third-order valence-electron chi connectivity index (χ3n) is 5.04. The third kappa shape index (κ3) is 5.41. The number of benzene rings is 2. The molecule has 1 fully saturated rings. The van der Waals surface area contributed by atoms with Crippen LogP contribution >= 0.6 is 0 Å². The number of ether oxygens (including phenoxy) is 1. The van der Waals surface area contributed by atoms with Crippen LogP contribution in [0.5, 0.6) is 0 Å². The normalized spacial score (nSPS) is 15.9. The molecule has 1 aliphatic heterocycles. The van der Waals surface area contributed by atoms with E-state index in [0.29, 0.717) is 13.0 Å². The Morgan fingerprint density at radius 1 is 0.923 bits per heavy atom. The lowest BCUT2D eigenvalue weighted by atomic mass is 9.89. The SMILES string of the molecule is CN1CCN(CCOC(=O)CC(c2ccccc2)c2ccccc2)CC1. The Bertz CT molecular complexity index is 628. The van der Waals surface area contributed by atoms with Gasteiger partial charge >= 0.3 is 5.97 Å². The molecular weight excluding hydrogens is 324 g/mol. The molecule has 1 aliphatic rings. The Kier molecular flexibility index (Phi) is 6.81. The number of hydrogen-bond donors (Lipinski definition) is 0. The zero-order chi connectivity index (χ0) is 18.2. The van der Waals surface area contributed by atoms with E-state index >= 15 is 0 Å². The largest absolute Gasteiger partial charge is 0.464 e. The van der Waals surface area contributed by atoms with Gasteiger partial charge in [-0.05, 0) is 18.2 Å². The number of esters is 1. The summed E-state index contributed by atoms with van der Waals surface area (Å²) in [5.41, 5.74) is 2.30. The molecule has 4 nitrogen and oxygen atoms in total. The fourth-order valence-corrected chi connectivity index (χ4v) is 3.38. The van der Waals surface area contributed by atoms with Crippen LogP contribution in [0.3, 0.4) is 0 Å². The number of nitrogens with zero attached hydrogens (tertiary/aromatic N) is 2. The summed E-state index contributed by atoms with van der Waals surface area (Å²) in [4.78, 5) is 17.1. The lowest BCUT2D eigenvalue weighted by Crippen LogP contribution is -2.45. The summed E-state index contributed by atoms with van der Waals surface area (Å²) in [6.45, 7) is 5.55. The Balaban J connectivity index is 1.54. The van der Waals surface area contributed by atoms with Gasteiger partial charge in [-0.1, -0.05) is 60.7 Å². The number of carbonyl (C=O) groups excluding carboxylic acids is 1. The van der Waals surface area contributed by atoms with Gasteiger partial charge in [-0.3, -0.25) is 9.69 Å². The zero-order valence-electron chi connectivity index (χ0n) is 15.5. The molecule has 4 heteroatoms. The molecule has 138 valence electrons. The van der Waals surface area contributed by atoms with E-state index in [4.69, 9.17) is 4.74 Å². The van der Waals surface area contributed by atoms with Crippen molar-refractivity contribution in [1.29, 1.82) is 0 Å². The molecule has 0 unspecified atom stereocenters. The number of likely N-dealkylation sites (N-methyl/N-ethyl adjacent to an activating group) is 1. The number of rotatable bonds is 7. The van der Waals surface area contributed by atoms with Gasteiger partial charge in [0.1, 0.15) is 6.61 Å². The molecule has 0 saturated carbocycles. The second-order valence-electron chi connectivity index (χ2n) is 6.94. The molecule has 2 aromatic carbocycles. The highest BCUT2D eigenvalue weighted by Crippen LogP contribution is 2.28. The standard InChI is InChI=1S/C22H28N2O2/c1-23-12-14-24(15-13-23)16-17-26-22(25)18-21(19-8-4-2-5-9-19)20-10-6-3-7-11-20/h2-11,21H,12-18H2,1H3. The average Bonchev–Trinajstić information content (AvgIpc) is 2.69. The van der Waals surface area contributed by atoms with Gasteiger partial charge in [0.2, 0.25) is 0 Å². The number of hydrogen-bond acceptors (Lipinski definition) is 4. The van der Waals surface area contributed by atoms with Crippen LogP contribution in [-0.4, -0.2) is 62.1 Å². The molecule has 0 spiro atoms. The van der Waals surface area contributed by atoms with Crippen molar-refractivity contribution in [2.45, 2.75) is 12.3 Å². The minimum atomic E-state index is -0.128. The van der Waals surface area contributed by atoms with E-state index in [2.05, 4.69) is 41.1 Å². The predicted molar refractivity (Wildman–Crippen MR) is 104 cm³/mol. The molecule has 0 atom stereocenters. The zero-order valence-corrected chi connectivity index (χ0v) is 15.5. The van der Waals surface area contributed by atoms with Gasteiger partial charge in [-0.2, -0.15) is 0 Å². The van der Waals surface area contributed by atoms with Crippen molar-refractivity contribution in [3.05, 3.63) is 71.8 Å². The summed E-state index contributed by atoms with van der Waals surface area (Å²) < 4.78 is 5.55. The van der Waals surface area contributed by atoms with Crippen LogP contribution < -0.4 is 0 Å². The van der Waals surface area contributed by atoms with Crippen molar-refractivity contribution in [1.82, 2.24) is 9.80 Å². The predicted octanol–water partition coefficient (Wildman–Crippen LogP) is 3.00. The average molecular weight is 352 g/mol. The first kappa shape index (κ1) is 18.6. The Morgan fingerprint density at radius 3 is 2.00 bits per heavy atom. The van der Waals surface area contributed by atoms with Crippen LogP contribution in [0.4, 0.5) is 0 Å². The maximum absolute atomic E-state index is 12.4. The fourth-order valence-electron chi connectivity index (χ4n) is 3.38. The highest BCUT2D eigenvalue weighted by Gasteiger charge is 2.19. The van der Waals surface area contributed by atoms with Gasteiger partial charge in [0.05, 0.1) is 6.42 Å². The Hall–Kier alpha value is -2.17. The molecule has 1 heterocycles. The van der Waals surface area contributed by atoms with E-state index in [1.165, 1.54) is 0 Å². The summed E-state index contributed by atoms with van der Waals surface area (Å²) in [6, 6.07) is 20.4. The molecular formula is C22H28N2O2. The molecule has 26 heavy (non-hydrogen) atoms. The summed E-state index contributed by atoms with van der Waals surface area (Å²) >= 11 is 0. The summed E-state index contributed by atoms with van der Waals surface area (Å²) in [5.74, 6) is -0.0923. The van der Waals surface area contributed by atoms with Gasteiger partial charge < -0.3 is 9.64 Å². The van der Waals surface area contributed by atoms with Crippen LogP contribution in [0.1, 0.15) is 23.5 Å². The molecule has 0 amide bonds. The summed E-state index contributed by atoms with van der Waals surface area (Å²) in [6.07, 6.45) is 0.372. The van der Waals surface area contributed by atoms with Crippen molar-refractivity contribution in [2.75, 3.05) is 46.4 Å². The van der Waals surface area contributed by atoms with E-state index in [1.807, 2.05) is 36.4 Å². The van der Waals surface area contributed by atoms with Crippen LogP contribution in [-0.2, 0) is 9.53 Å². The minimum absolute atomic E-state index is 0.0357.